The molecule has 4 heteroatoms. The van der Waals surface area contributed by atoms with Gasteiger partial charge >= 0.3 is 0 Å². The predicted octanol–water partition coefficient (Wildman–Crippen LogP) is 2.33. The molecular weight excluding hydrogens is 190 g/mol. The van der Waals surface area contributed by atoms with Crippen molar-refractivity contribution in [3.8, 4) is 5.88 Å². The fraction of sp³-hybridized carbons (Fsp3) is 0.636. The van der Waals surface area contributed by atoms with E-state index in [1.54, 1.807) is 12.3 Å². The molecule has 84 valence electrons. The van der Waals surface area contributed by atoms with E-state index in [4.69, 9.17) is 4.74 Å². The van der Waals surface area contributed by atoms with E-state index in [-0.39, 0.29) is 0 Å². The third-order valence-corrected chi connectivity index (χ3v) is 1.75. The molecule has 0 radical (unpaired) electrons. The van der Waals surface area contributed by atoms with Gasteiger partial charge in [-0.25, -0.2) is 4.98 Å². The Hall–Kier alpha value is -1.32. The lowest BCUT2D eigenvalue weighted by molar-refractivity contribution is 0.305. The molecule has 1 rings (SSSR count). The minimum Gasteiger partial charge on any atom is -0.478 e. The van der Waals surface area contributed by atoms with Crippen LogP contribution in [0.1, 0.15) is 27.2 Å². The van der Waals surface area contributed by atoms with Gasteiger partial charge in [-0.1, -0.05) is 20.8 Å². The van der Waals surface area contributed by atoms with Crippen molar-refractivity contribution in [3.63, 3.8) is 0 Å². The van der Waals surface area contributed by atoms with Gasteiger partial charge in [-0.2, -0.15) is 4.98 Å². The summed E-state index contributed by atoms with van der Waals surface area (Å²) in [4.78, 5) is 8.35. The van der Waals surface area contributed by atoms with Crippen molar-refractivity contribution >= 4 is 5.95 Å². The van der Waals surface area contributed by atoms with Crippen LogP contribution >= 0.6 is 0 Å². The van der Waals surface area contributed by atoms with Gasteiger partial charge in [0.25, 0.3) is 0 Å². The minimum absolute atomic E-state index is 0.578. The van der Waals surface area contributed by atoms with Gasteiger partial charge in [0.15, 0.2) is 0 Å². The monoisotopic (exact) mass is 209 g/mol. The summed E-state index contributed by atoms with van der Waals surface area (Å²) in [6.45, 7) is 7.92. The first kappa shape index (κ1) is 11.8. The molecule has 0 spiro atoms. The Morgan fingerprint density at radius 3 is 2.93 bits per heavy atom. The lowest BCUT2D eigenvalue weighted by Gasteiger charge is -2.08. The molecule has 0 aromatic carbocycles. The smallest absolute Gasteiger partial charge is 0.225 e. The number of ether oxygens (including phenoxy) is 1. The number of hydrogen-bond acceptors (Lipinski definition) is 4. The molecule has 0 saturated carbocycles. The number of aromatic nitrogens is 2. The summed E-state index contributed by atoms with van der Waals surface area (Å²) in [5, 5.41) is 3.16. The van der Waals surface area contributed by atoms with Crippen molar-refractivity contribution in [2.45, 2.75) is 27.2 Å². The molecule has 4 nitrogen and oxygen atoms in total. The molecule has 1 heterocycles. The molecule has 0 aliphatic carbocycles. The molecule has 0 atom stereocenters. The van der Waals surface area contributed by atoms with Gasteiger partial charge in [-0.05, 0) is 12.3 Å². The summed E-state index contributed by atoms with van der Waals surface area (Å²) in [7, 11) is 0. The number of rotatable bonds is 6. The highest BCUT2D eigenvalue weighted by Crippen LogP contribution is 2.08. The van der Waals surface area contributed by atoms with E-state index >= 15 is 0 Å². The molecule has 15 heavy (non-hydrogen) atoms. The van der Waals surface area contributed by atoms with E-state index in [1.165, 1.54) is 0 Å². The first-order valence-corrected chi connectivity index (χ1v) is 5.42. The van der Waals surface area contributed by atoms with Gasteiger partial charge in [-0.15, -0.1) is 0 Å². The van der Waals surface area contributed by atoms with Crippen LogP contribution in [0.25, 0.3) is 0 Å². The highest BCUT2D eigenvalue weighted by molar-refractivity contribution is 5.27. The van der Waals surface area contributed by atoms with Crippen molar-refractivity contribution < 1.29 is 4.74 Å². The second-order valence-electron chi connectivity index (χ2n) is 3.84. The highest BCUT2D eigenvalue weighted by Gasteiger charge is 2.00. The maximum atomic E-state index is 5.41. The zero-order valence-corrected chi connectivity index (χ0v) is 9.66. The Morgan fingerprint density at radius 1 is 1.47 bits per heavy atom. The summed E-state index contributed by atoms with van der Waals surface area (Å²) in [5.41, 5.74) is 0. The van der Waals surface area contributed by atoms with Gasteiger partial charge in [0.05, 0.1) is 6.61 Å². The van der Waals surface area contributed by atoms with E-state index in [0.29, 0.717) is 24.4 Å². The molecule has 0 aliphatic heterocycles. The fourth-order valence-corrected chi connectivity index (χ4v) is 1.01. The number of nitrogens with one attached hydrogen (secondary N) is 1. The molecule has 0 unspecified atom stereocenters. The Morgan fingerprint density at radius 2 is 2.27 bits per heavy atom. The molecule has 1 aromatic heterocycles. The van der Waals surface area contributed by atoms with E-state index in [2.05, 4.69) is 36.1 Å². The zero-order valence-electron chi connectivity index (χ0n) is 9.66. The van der Waals surface area contributed by atoms with Crippen LogP contribution in [0.2, 0.25) is 0 Å². The van der Waals surface area contributed by atoms with Crippen LogP contribution in [0, 0.1) is 5.92 Å². The fourth-order valence-electron chi connectivity index (χ4n) is 1.01. The number of nitrogens with zero attached hydrogens (tertiary/aromatic N) is 2. The normalized spacial score (nSPS) is 10.4. The quantitative estimate of drug-likeness (QED) is 0.781. The molecule has 0 aliphatic rings. The minimum atomic E-state index is 0.578. The van der Waals surface area contributed by atoms with E-state index in [1.807, 2.05) is 0 Å². The van der Waals surface area contributed by atoms with Crippen LogP contribution in [-0.2, 0) is 0 Å². The van der Waals surface area contributed by atoms with Crippen molar-refractivity contribution in [2.24, 2.45) is 5.92 Å². The summed E-state index contributed by atoms with van der Waals surface area (Å²) < 4.78 is 5.41. The number of anilines is 1. The summed E-state index contributed by atoms with van der Waals surface area (Å²) in [6, 6.07) is 1.77. The van der Waals surface area contributed by atoms with Crippen molar-refractivity contribution in [2.75, 3.05) is 18.5 Å². The largest absolute Gasteiger partial charge is 0.478 e. The Kier molecular flexibility index (Phi) is 4.87. The van der Waals surface area contributed by atoms with E-state index < -0.39 is 0 Å². The summed E-state index contributed by atoms with van der Waals surface area (Å²) in [5.74, 6) is 1.85. The van der Waals surface area contributed by atoms with Crippen LogP contribution in [0.3, 0.4) is 0 Å². The standard InChI is InChI=1S/C11H19N3O/c1-4-7-15-10-5-6-12-11(14-10)13-8-9(2)3/h5-6,9H,4,7-8H2,1-3H3,(H,12,13,14). The molecule has 0 saturated heterocycles. The Balaban J connectivity index is 2.50. The Bertz CT molecular complexity index is 289. The summed E-state index contributed by atoms with van der Waals surface area (Å²) in [6.07, 6.45) is 2.69. The maximum absolute atomic E-state index is 5.41. The topological polar surface area (TPSA) is 47.0 Å². The van der Waals surface area contributed by atoms with Gasteiger partial charge < -0.3 is 10.1 Å². The van der Waals surface area contributed by atoms with Crippen LogP contribution in [0.4, 0.5) is 5.95 Å². The molecule has 0 bridgehead atoms. The average Bonchev–Trinajstić information content (AvgIpc) is 2.24. The van der Waals surface area contributed by atoms with Crippen molar-refractivity contribution in [1.29, 1.82) is 0 Å². The summed E-state index contributed by atoms with van der Waals surface area (Å²) >= 11 is 0. The molecular formula is C11H19N3O. The average molecular weight is 209 g/mol. The molecule has 0 amide bonds. The lowest BCUT2D eigenvalue weighted by Crippen LogP contribution is -2.11. The highest BCUT2D eigenvalue weighted by atomic mass is 16.5. The predicted molar refractivity (Wildman–Crippen MR) is 61.1 cm³/mol. The van der Waals surface area contributed by atoms with E-state index in [0.717, 1.165) is 13.0 Å². The Labute approximate surface area is 91.1 Å². The lowest BCUT2D eigenvalue weighted by atomic mass is 10.2. The van der Waals surface area contributed by atoms with Gasteiger partial charge in [-0.3, -0.25) is 0 Å². The zero-order chi connectivity index (χ0) is 11.1. The second kappa shape index (κ2) is 6.22. The number of hydrogen-bond donors (Lipinski definition) is 1. The van der Waals surface area contributed by atoms with Crippen molar-refractivity contribution in [3.05, 3.63) is 12.3 Å². The first-order valence-electron chi connectivity index (χ1n) is 5.42. The van der Waals surface area contributed by atoms with Crippen LogP contribution < -0.4 is 10.1 Å². The SMILES string of the molecule is CCCOc1ccnc(NCC(C)C)n1. The van der Waals surface area contributed by atoms with Gasteiger partial charge in [0.1, 0.15) is 0 Å². The van der Waals surface area contributed by atoms with Crippen LogP contribution in [0.5, 0.6) is 5.88 Å². The van der Waals surface area contributed by atoms with Crippen LogP contribution in [0.15, 0.2) is 12.3 Å². The van der Waals surface area contributed by atoms with Crippen LogP contribution in [-0.4, -0.2) is 23.1 Å². The third kappa shape index (κ3) is 4.63. The molecule has 0 fully saturated rings. The van der Waals surface area contributed by atoms with Gasteiger partial charge in [0, 0.05) is 18.8 Å². The molecule has 1 N–H and O–H groups in total. The molecule has 1 aromatic rings. The maximum Gasteiger partial charge on any atom is 0.225 e. The van der Waals surface area contributed by atoms with E-state index in [9.17, 15) is 0 Å². The first-order chi connectivity index (χ1) is 7.22. The van der Waals surface area contributed by atoms with Crippen molar-refractivity contribution in [1.82, 2.24) is 9.97 Å². The second-order valence-corrected chi connectivity index (χ2v) is 3.84. The third-order valence-electron chi connectivity index (χ3n) is 1.75. The van der Waals surface area contributed by atoms with Gasteiger partial charge in [0.2, 0.25) is 11.8 Å².